The molecule has 0 aliphatic rings. The zero-order valence-corrected chi connectivity index (χ0v) is 20.9. The van der Waals surface area contributed by atoms with Gasteiger partial charge in [0, 0.05) is 6.61 Å². The van der Waals surface area contributed by atoms with Gasteiger partial charge in [-0.3, -0.25) is 4.57 Å². The highest BCUT2D eigenvalue weighted by atomic mass is 31.2. The highest BCUT2D eigenvalue weighted by Crippen LogP contribution is 2.38. The largest absolute Gasteiger partial charge is 0.756 e. The van der Waals surface area contributed by atoms with E-state index in [0.717, 1.165) is 12.8 Å². The Labute approximate surface area is 185 Å². The lowest BCUT2D eigenvalue weighted by Crippen LogP contribution is -2.37. The molecule has 0 saturated heterocycles. The van der Waals surface area contributed by atoms with Crippen LogP contribution in [0, 0.1) is 0 Å². The first-order valence-electron chi connectivity index (χ1n) is 11.8. The van der Waals surface area contributed by atoms with E-state index in [1.165, 1.54) is 64.2 Å². The Morgan fingerprint density at radius 2 is 1.33 bits per heavy atom. The van der Waals surface area contributed by atoms with Crippen LogP contribution >= 0.6 is 7.82 Å². The molecule has 0 heterocycles. The molecule has 0 aliphatic heterocycles. The summed E-state index contributed by atoms with van der Waals surface area (Å²) in [6, 6.07) is 0. The maximum atomic E-state index is 11.8. The van der Waals surface area contributed by atoms with E-state index >= 15 is 0 Å². The topological polar surface area (TPSA) is 88.0 Å². The van der Waals surface area contributed by atoms with Crippen molar-refractivity contribution in [2.24, 2.45) is 0 Å². The molecule has 30 heavy (non-hydrogen) atoms. The molecule has 0 radical (unpaired) electrons. The maximum absolute atomic E-state index is 11.8. The highest BCUT2D eigenvalue weighted by Gasteiger charge is 2.16. The molecule has 182 valence electrons. The Morgan fingerprint density at radius 1 is 0.833 bits per heavy atom. The van der Waals surface area contributed by atoms with Gasteiger partial charge in [0.1, 0.15) is 19.3 Å². The third kappa shape index (κ3) is 21.2. The standard InChI is InChI=1S/C22H48NO6P/c1-5-6-7-8-9-10-11-12-13-14-15-16-18-27-22(20-24)21-29-30(25,26)28-19-17-23(2,3)4/h22,24H,5-21H2,1-4H3/t22-/m1/s1. The molecule has 7 nitrogen and oxygen atoms in total. The fraction of sp³-hybridized carbons (Fsp3) is 1.00. The quantitative estimate of drug-likeness (QED) is 0.150. The smallest absolute Gasteiger partial charge is 0.268 e. The van der Waals surface area contributed by atoms with Crippen molar-refractivity contribution in [3.8, 4) is 0 Å². The second kappa shape index (κ2) is 18.6. The van der Waals surface area contributed by atoms with Gasteiger partial charge in [-0.2, -0.15) is 0 Å². The summed E-state index contributed by atoms with van der Waals surface area (Å²) in [5.74, 6) is 0. The normalized spacial score (nSPS) is 15.3. The predicted octanol–water partition coefficient (Wildman–Crippen LogP) is 4.27. The molecule has 0 spiro atoms. The number of phosphoric ester groups is 1. The lowest BCUT2D eigenvalue weighted by molar-refractivity contribution is -0.870. The van der Waals surface area contributed by atoms with Crippen LogP contribution < -0.4 is 4.89 Å². The second-order valence-electron chi connectivity index (χ2n) is 9.15. The molecule has 0 fully saturated rings. The number of likely N-dealkylation sites (N-methyl/N-ethyl adjacent to an activating group) is 1. The zero-order chi connectivity index (χ0) is 22.7. The third-order valence-corrected chi connectivity index (χ3v) is 5.95. The minimum Gasteiger partial charge on any atom is -0.756 e. The molecule has 8 heteroatoms. The third-order valence-electron chi connectivity index (χ3n) is 4.99. The number of ether oxygens (including phenoxy) is 1. The van der Waals surface area contributed by atoms with Gasteiger partial charge in [0.05, 0.1) is 34.4 Å². The minimum atomic E-state index is -4.37. The molecular weight excluding hydrogens is 405 g/mol. The Balaban J connectivity index is 3.62. The summed E-state index contributed by atoms with van der Waals surface area (Å²) in [4.78, 5) is 11.8. The Kier molecular flexibility index (Phi) is 18.5. The van der Waals surface area contributed by atoms with Gasteiger partial charge in [-0.1, -0.05) is 77.6 Å². The van der Waals surface area contributed by atoms with Crippen LogP contribution in [0.1, 0.15) is 84.0 Å². The molecule has 0 saturated carbocycles. The monoisotopic (exact) mass is 453 g/mol. The summed E-state index contributed by atoms with van der Waals surface area (Å²) < 4.78 is 27.6. The summed E-state index contributed by atoms with van der Waals surface area (Å²) in [5.41, 5.74) is 0. The Bertz CT molecular complexity index is 430. The van der Waals surface area contributed by atoms with Crippen molar-refractivity contribution in [2.75, 3.05) is 54.1 Å². The average Bonchev–Trinajstić information content (AvgIpc) is 2.66. The van der Waals surface area contributed by atoms with Crippen LogP contribution in [-0.4, -0.2) is 69.8 Å². The average molecular weight is 454 g/mol. The van der Waals surface area contributed by atoms with E-state index in [0.29, 0.717) is 17.6 Å². The van der Waals surface area contributed by atoms with Gasteiger partial charge in [-0.25, -0.2) is 0 Å². The van der Waals surface area contributed by atoms with Gasteiger partial charge in [0.15, 0.2) is 0 Å². The zero-order valence-electron chi connectivity index (χ0n) is 20.0. The van der Waals surface area contributed by atoms with Crippen LogP contribution in [0.5, 0.6) is 0 Å². The van der Waals surface area contributed by atoms with Gasteiger partial charge < -0.3 is 28.3 Å². The molecule has 0 aliphatic carbocycles. The van der Waals surface area contributed by atoms with Crippen molar-refractivity contribution in [3.05, 3.63) is 0 Å². The number of hydrogen-bond donors (Lipinski definition) is 1. The van der Waals surface area contributed by atoms with Crippen molar-refractivity contribution >= 4 is 7.82 Å². The van der Waals surface area contributed by atoms with E-state index in [2.05, 4.69) is 6.92 Å². The first kappa shape index (κ1) is 30.0. The molecule has 1 unspecified atom stereocenters. The molecule has 0 amide bonds. The van der Waals surface area contributed by atoms with Crippen molar-refractivity contribution in [3.63, 3.8) is 0 Å². The first-order valence-corrected chi connectivity index (χ1v) is 13.3. The van der Waals surface area contributed by atoms with E-state index in [-0.39, 0.29) is 19.8 Å². The number of rotatable bonds is 22. The van der Waals surface area contributed by atoms with Crippen molar-refractivity contribution < 1.29 is 32.8 Å². The van der Waals surface area contributed by atoms with Crippen LogP contribution in [-0.2, 0) is 18.3 Å². The van der Waals surface area contributed by atoms with E-state index in [1.807, 2.05) is 21.1 Å². The molecule has 0 rings (SSSR count). The number of aliphatic hydroxyl groups is 1. The molecule has 0 aromatic carbocycles. The molecule has 2 atom stereocenters. The number of aliphatic hydroxyl groups excluding tert-OH is 1. The van der Waals surface area contributed by atoms with Crippen molar-refractivity contribution in [1.29, 1.82) is 0 Å². The van der Waals surface area contributed by atoms with Crippen molar-refractivity contribution in [2.45, 2.75) is 90.1 Å². The van der Waals surface area contributed by atoms with Crippen LogP contribution in [0.4, 0.5) is 0 Å². The van der Waals surface area contributed by atoms with Gasteiger partial charge in [-0.15, -0.1) is 0 Å². The molecule has 0 aromatic heterocycles. The summed E-state index contributed by atoms with van der Waals surface area (Å²) >= 11 is 0. The summed E-state index contributed by atoms with van der Waals surface area (Å²) in [5, 5.41) is 9.36. The van der Waals surface area contributed by atoms with Crippen LogP contribution in [0.2, 0.25) is 0 Å². The molecule has 1 N–H and O–H groups in total. The summed E-state index contributed by atoms with van der Waals surface area (Å²) in [7, 11) is 1.48. The molecule has 0 aromatic rings. The van der Waals surface area contributed by atoms with E-state index in [4.69, 9.17) is 13.8 Å². The predicted molar refractivity (Wildman–Crippen MR) is 120 cm³/mol. The Hall–Kier alpha value is -0.0100. The van der Waals surface area contributed by atoms with Gasteiger partial charge in [-0.05, 0) is 6.42 Å². The van der Waals surface area contributed by atoms with E-state index in [9.17, 15) is 14.6 Å². The van der Waals surface area contributed by atoms with Gasteiger partial charge in [0.25, 0.3) is 7.82 Å². The SMILES string of the molecule is CCCCCCCCCCCCCCO[C@H](CO)COP(=O)([O-])OCC[N+](C)(C)C. The molecular formula is C22H48NO6P. The summed E-state index contributed by atoms with van der Waals surface area (Å²) in [6.07, 6.45) is 14.6. The summed E-state index contributed by atoms with van der Waals surface area (Å²) in [6.45, 7) is 2.86. The minimum absolute atomic E-state index is 0.0633. The first-order chi connectivity index (χ1) is 14.2. The number of hydrogen-bond acceptors (Lipinski definition) is 6. The van der Waals surface area contributed by atoms with Crippen molar-refractivity contribution in [1.82, 2.24) is 0 Å². The number of nitrogens with zero attached hydrogens (tertiary/aromatic N) is 1. The lowest BCUT2D eigenvalue weighted by Gasteiger charge is -2.28. The van der Waals surface area contributed by atoms with Gasteiger partial charge in [0.2, 0.25) is 0 Å². The van der Waals surface area contributed by atoms with Crippen LogP contribution in [0.15, 0.2) is 0 Å². The van der Waals surface area contributed by atoms with E-state index < -0.39 is 13.9 Å². The maximum Gasteiger partial charge on any atom is 0.268 e. The highest BCUT2D eigenvalue weighted by molar-refractivity contribution is 7.45. The van der Waals surface area contributed by atoms with E-state index in [1.54, 1.807) is 0 Å². The van der Waals surface area contributed by atoms with Crippen LogP contribution in [0.25, 0.3) is 0 Å². The fourth-order valence-electron chi connectivity index (χ4n) is 2.98. The lowest BCUT2D eigenvalue weighted by atomic mass is 10.1. The number of quaternary nitrogens is 1. The Morgan fingerprint density at radius 3 is 1.80 bits per heavy atom. The number of unbranched alkanes of at least 4 members (excludes halogenated alkanes) is 11. The van der Waals surface area contributed by atoms with Gasteiger partial charge >= 0.3 is 0 Å². The number of phosphoric acid groups is 1. The fourth-order valence-corrected chi connectivity index (χ4v) is 3.71. The van der Waals surface area contributed by atoms with Crippen LogP contribution in [0.3, 0.4) is 0 Å². The second-order valence-corrected chi connectivity index (χ2v) is 10.6. The molecule has 0 bridgehead atoms.